The van der Waals surface area contributed by atoms with Gasteiger partial charge in [-0.05, 0) is 61.0 Å². The average molecular weight is 432 g/mol. The first-order valence-corrected chi connectivity index (χ1v) is 10.7. The van der Waals surface area contributed by atoms with E-state index in [9.17, 15) is 13.0 Å². The van der Waals surface area contributed by atoms with Gasteiger partial charge in [0.2, 0.25) is 5.69 Å². The van der Waals surface area contributed by atoms with E-state index in [1.54, 1.807) is 0 Å². The molecular weight excluding hydrogens is 410 g/mol. The fourth-order valence-electron chi connectivity index (χ4n) is 2.33. The Hall–Kier alpha value is -2.67. The summed E-state index contributed by atoms with van der Waals surface area (Å²) in [6.45, 7) is 2.69. The second-order valence-corrected chi connectivity index (χ2v) is 7.80. The zero-order chi connectivity index (χ0) is 21.3. The number of aryl methyl sites for hydroxylation is 1. The van der Waals surface area contributed by atoms with Crippen molar-refractivity contribution in [3.05, 3.63) is 89.2 Å². The molecule has 0 aliphatic heterocycles. The summed E-state index contributed by atoms with van der Waals surface area (Å²) in [6.07, 6.45) is 6.25. The van der Waals surface area contributed by atoms with Gasteiger partial charge in [0.15, 0.2) is 6.20 Å². The molecular formula is C22H22ClNO4S. The number of hydrogen-bond acceptors (Lipinski definition) is 4. The van der Waals surface area contributed by atoms with Crippen molar-refractivity contribution >= 4 is 33.9 Å². The van der Waals surface area contributed by atoms with Crippen LogP contribution in [0, 0.1) is 0 Å². The summed E-state index contributed by atoms with van der Waals surface area (Å²) in [6, 6.07) is 19.3. The maximum Gasteiger partial charge on any atom is 0.204 e. The van der Waals surface area contributed by atoms with Crippen molar-refractivity contribution in [2.45, 2.75) is 11.8 Å². The van der Waals surface area contributed by atoms with Crippen LogP contribution >= 0.6 is 11.6 Å². The fourth-order valence-corrected chi connectivity index (χ4v) is 2.93. The van der Waals surface area contributed by atoms with Crippen molar-refractivity contribution in [1.29, 1.82) is 0 Å². The number of hydrogen-bond donors (Lipinski definition) is 0. The Kier molecular flexibility index (Phi) is 8.39. The van der Waals surface area contributed by atoms with Crippen molar-refractivity contribution in [3.8, 4) is 5.75 Å². The van der Waals surface area contributed by atoms with Gasteiger partial charge in [0.1, 0.15) is 22.9 Å². The smallest absolute Gasteiger partial charge is 0.204 e. The Morgan fingerprint density at radius 1 is 1.00 bits per heavy atom. The lowest BCUT2D eigenvalue weighted by Crippen LogP contribution is -2.30. The number of ether oxygens (including phenoxy) is 1. The predicted molar refractivity (Wildman–Crippen MR) is 114 cm³/mol. The summed E-state index contributed by atoms with van der Waals surface area (Å²) in [7, 11) is -2.29. The van der Waals surface area contributed by atoms with Crippen molar-refractivity contribution in [1.82, 2.24) is 0 Å². The summed E-state index contributed by atoms with van der Waals surface area (Å²) in [5.74, 6) is 0.917. The highest BCUT2D eigenvalue weighted by Crippen LogP contribution is 2.14. The second-order valence-electron chi connectivity index (χ2n) is 5.98. The molecule has 0 spiro atoms. The monoisotopic (exact) mass is 431 g/mol. The second kappa shape index (κ2) is 10.8. The first kappa shape index (κ1) is 22.6. The van der Waals surface area contributed by atoms with Gasteiger partial charge in [0.25, 0.3) is 0 Å². The lowest BCUT2D eigenvalue weighted by atomic mass is 10.2. The van der Waals surface area contributed by atoms with Gasteiger partial charge in [-0.15, -0.1) is 0 Å². The molecule has 0 amide bonds. The van der Waals surface area contributed by atoms with Crippen molar-refractivity contribution in [2.75, 3.05) is 6.61 Å². The SMILES string of the molecule is CCOc1ccc(/C=C/c2cccc[n+]2C)cc1.O=S(=O)([O-])c1ccc(Cl)cc1. The molecule has 7 heteroatoms. The average Bonchev–Trinajstić information content (AvgIpc) is 2.69. The number of benzene rings is 2. The third-order valence-corrected chi connectivity index (χ3v) is 4.94. The van der Waals surface area contributed by atoms with E-state index in [0.717, 1.165) is 5.75 Å². The molecule has 0 aliphatic rings. The van der Waals surface area contributed by atoms with Crippen LogP contribution in [-0.4, -0.2) is 19.6 Å². The van der Waals surface area contributed by atoms with E-state index in [1.165, 1.54) is 35.5 Å². The molecule has 0 aliphatic carbocycles. The minimum atomic E-state index is -4.33. The van der Waals surface area contributed by atoms with Crippen LogP contribution in [0.1, 0.15) is 18.2 Å². The molecule has 0 saturated carbocycles. The van der Waals surface area contributed by atoms with Crippen LogP contribution < -0.4 is 9.30 Å². The number of aromatic nitrogens is 1. The van der Waals surface area contributed by atoms with E-state index in [1.807, 2.05) is 44.4 Å². The van der Waals surface area contributed by atoms with Crippen molar-refractivity contribution in [2.24, 2.45) is 7.05 Å². The molecule has 5 nitrogen and oxygen atoms in total. The third-order valence-electron chi connectivity index (χ3n) is 3.84. The van der Waals surface area contributed by atoms with Crippen LogP contribution in [0.5, 0.6) is 5.75 Å². The minimum Gasteiger partial charge on any atom is -0.744 e. The minimum absolute atomic E-state index is 0.262. The van der Waals surface area contributed by atoms with Crippen LogP contribution in [0.4, 0.5) is 0 Å². The van der Waals surface area contributed by atoms with E-state index < -0.39 is 10.1 Å². The van der Waals surface area contributed by atoms with E-state index in [4.69, 9.17) is 16.3 Å². The molecule has 0 unspecified atom stereocenters. The third kappa shape index (κ3) is 7.69. The summed E-state index contributed by atoms with van der Waals surface area (Å²) in [5.41, 5.74) is 2.34. The highest BCUT2D eigenvalue weighted by atomic mass is 35.5. The predicted octanol–water partition coefficient (Wildman–Crippen LogP) is 4.32. The molecule has 2 aromatic carbocycles. The van der Waals surface area contributed by atoms with Crippen molar-refractivity contribution < 1.29 is 22.3 Å². The molecule has 0 N–H and O–H groups in total. The van der Waals surface area contributed by atoms with Gasteiger partial charge in [-0.2, -0.15) is 0 Å². The molecule has 29 heavy (non-hydrogen) atoms. The van der Waals surface area contributed by atoms with Crippen LogP contribution in [0.25, 0.3) is 12.2 Å². The van der Waals surface area contributed by atoms with Gasteiger partial charge in [0.05, 0.1) is 11.5 Å². The molecule has 3 rings (SSSR count). The van der Waals surface area contributed by atoms with Gasteiger partial charge >= 0.3 is 0 Å². The molecule has 0 saturated heterocycles. The normalized spacial score (nSPS) is 11.0. The highest BCUT2D eigenvalue weighted by Gasteiger charge is 1.99. The lowest BCUT2D eigenvalue weighted by molar-refractivity contribution is -0.673. The van der Waals surface area contributed by atoms with E-state index in [2.05, 4.69) is 34.9 Å². The van der Waals surface area contributed by atoms with Gasteiger partial charge in [-0.25, -0.2) is 13.0 Å². The van der Waals surface area contributed by atoms with Gasteiger partial charge in [0, 0.05) is 23.2 Å². The summed E-state index contributed by atoms with van der Waals surface area (Å²) in [4.78, 5) is -0.262. The quantitative estimate of drug-likeness (QED) is 0.445. The molecule has 3 aromatic rings. The number of rotatable bonds is 5. The molecule has 1 heterocycles. The topological polar surface area (TPSA) is 70.3 Å². The Morgan fingerprint density at radius 2 is 1.66 bits per heavy atom. The molecule has 0 bridgehead atoms. The Balaban J connectivity index is 0.000000234. The Labute approximate surface area is 176 Å². The van der Waals surface area contributed by atoms with Gasteiger partial charge in [-0.3, -0.25) is 0 Å². The summed E-state index contributed by atoms with van der Waals surface area (Å²) < 4.78 is 38.5. The molecule has 0 atom stereocenters. The number of halogens is 1. The van der Waals surface area contributed by atoms with Crippen molar-refractivity contribution in [3.63, 3.8) is 0 Å². The van der Waals surface area contributed by atoms with E-state index >= 15 is 0 Å². The van der Waals surface area contributed by atoms with Crippen LogP contribution in [0.15, 0.2) is 77.8 Å². The van der Waals surface area contributed by atoms with Crippen LogP contribution in [0.3, 0.4) is 0 Å². The summed E-state index contributed by atoms with van der Waals surface area (Å²) >= 11 is 5.46. The Bertz CT molecular complexity index is 1050. The molecule has 1 aromatic heterocycles. The molecule has 0 fully saturated rings. The van der Waals surface area contributed by atoms with Crippen LogP contribution in [-0.2, 0) is 17.2 Å². The summed E-state index contributed by atoms with van der Waals surface area (Å²) in [5, 5.41) is 0.400. The zero-order valence-corrected chi connectivity index (χ0v) is 17.7. The lowest BCUT2D eigenvalue weighted by Gasteiger charge is -2.05. The van der Waals surface area contributed by atoms with Gasteiger partial charge < -0.3 is 9.29 Å². The fraction of sp³-hybridized carbons (Fsp3) is 0.136. The molecule has 152 valence electrons. The van der Waals surface area contributed by atoms with E-state index in [-0.39, 0.29) is 4.90 Å². The van der Waals surface area contributed by atoms with E-state index in [0.29, 0.717) is 11.6 Å². The highest BCUT2D eigenvalue weighted by molar-refractivity contribution is 7.85. The maximum absolute atomic E-state index is 10.3. The van der Waals surface area contributed by atoms with Crippen LogP contribution in [0.2, 0.25) is 5.02 Å². The maximum atomic E-state index is 10.3. The molecule has 0 radical (unpaired) electrons. The van der Waals surface area contributed by atoms with Gasteiger partial charge in [-0.1, -0.05) is 23.7 Å². The Morgan fingerprint density at radius 3 is 2.21 bits per heavy atom. The largest absolute Gasteiger partial charge is 0.744 e. The number of nitrogens with zero attached hydrogens (tertiary/aromatic N) is 1. The zero-order valence-electron chi connectivity index (χ0n) is 16.2. The first-order chi connectivity index (χ1) is 13.8. The first-order valence-electron chi connectivity index (χ1n) is 8.86. The standard InChI is InChI=1S/C16H18NO.C6H5ClO3S/c1-3-18-16-11-8-14(9-12-16)7-10-15-6-4-5-13-17(15)2;7-5-1-3-6(4-2-5)11(8,9)10/h4-13H,3H2,1-2H3;1-4H,(H,8,9,10)/q+1;/p-1/b10-7+;. The number of pyridine rings is 1.